The van der Waals surface area contributed by atoms with Gasteiger partial charge in [0, 0.05) is 43.8 Å². The lowest BCUT2D eigenvalue weighted by molar-refractivity contribution is 0.514. The minimum Gasteiger partial charge on any atom is -0.368 e. The average Bonchev–Trinajstić information content (AvgIpc) is 3.33. The number of aromatic nitrogens is 4. The summed E-state index contributed by atoms with van der Waals surface area (Å²) in [6.45, 7) is 5.92. The summed E-state index contributed by atoms with van der Waals surface area (Å²) in [4.78, 5) is 29.3. The molecule has 0 spiro atoms. The molecule has 162 valence electrons. The van der Waals surface area contributed by atoms with Gasteiger partial charge in [0.2, 0.25) is 5.95 Å². The maximum Gasteiger partial charge on any atom is 0.266 e. The van der Waals surface area contributed by atoms with Gasteiger partial charge in [0.1, 0.15) is 11.5 Å². The summed E-state index contributed by atoms with van der Waals surface area (Å²) in [6.07, 6.45) is 8.06. The first-order chi connectivity index (χ1) is 15.1. The Morgan fingerprint density at radius 2 is 1.90 bits per heavy atom. The van der Waals surface area contributed by atoms with Crippen molar-refractivity contribution in [3.05, 3.63) is 44.0 Å². The van der Waals surface area contributed by atoms with Crippen LogP contribution in [-0.4, -0.2) is 45.7 Å². The molecule has 1 saturated carbocycles. The van der Waals surface area contributed by atoms with Crippen molar-refractivity contribution in [2.75, 3.05) is 36.4 Å². The molecule has 1 aliphatic heterocycles. The lowest BCUT2D eigenvalue weighted by Crippen LogP contribution is -2.43. The molecule has 31 heavy (non-hydrogen) atoms. The highest BCUT2D eigenvalue weighted by atomic mass is 124. The summed E-state index contributed by atoms with van der Waals surface area (Å²) in [5.74, 6) is 1.15. The van der Waals surface area contributed by atoms with Crippen LogP contribution >= 0.6 is 22.6 Å². The average molecular weight is 528 g/mol. The fraction of sp³-hybridized carbons (Fsp3) is 0.455. The van der Waals surface area contributed by atoms with Crippen LogP contribution < -0.4 is 21.1 Å². The predicted molar refractivity (Wildman–Crippen MR) is 131 cm³/mol. The van der Waals surface area contributed by atoms with Gasteiger partial charge in [-0.15, -0.1) is 0 Å². The quantitative estimate of drug-likeness (QED) is 0.503. The van der Waals surface area contributed by atoms with E-state index in [4.69, 9.17) is 4.98 Å². The minimum absolute atomic E-state index is 0.0562. The van der Waals surface area contributed by atoms with Crippen molar-refractivity contribution >= 4 is 51.1 Å². The van der Waals surface area contributed by atoms with Gasteiger partial charge >= 0.3 is 0 Å². The Bertz CT molecular complexity index is 1150. The van der Waals surface area contributed by atoms with Crippen molar-refractivity contribution < 1.29 is 0 Å². The monoisotopic (exact) mass is 528 g/mol. The Kier molecular flexibility index (Phi) is 5.79. The van der Waals surface area contributed by atoms with Gasteiger partial charge in [-0.2, -0.15) is 4.98 Å². The highest BCUT2D eigenvalue weighted by molar-refractivity contribution is 14.1. The SMILES string of the molecule is Cc1c([124I])c(=O)n(C2CCCC2)c2nc(Nc3ccc(N4CCNCC4)cn3)ncc12. The molecule has 2 aliphatic rings. The van der Waals surface area contributed by atoms with Crippen LogP contribution in [-0.2, 0) is 0 Å². The van der Waals surface area contributed by atoms with Crippen molar-refractivity contribution in [2.45, 2.75) is 38.6 Å². The number of hydrogen-bond donors (Lipinski definition) is 2. The van der Waals surface area contributed by atoms with E-state index in [0.29, 0.717) is 17.4 Å². The topological polar surface area (TPSA) is 88.0 Å². The fourth-order valence-electron chi connectivity index (χ4n) is 4.55. The van der Waals surface area contributed by atoms with E-state index < -0.39 is 0 Å². The van der Waals surface area contributed by atoms with Crippen LogP contribution in [0, 0.1) is 10.5 Å². The number of fused-ring (bicyclic) bond motifs is 1. The van der Waals surface area contributed by atoms with Crippen molar-refractivity contribution in [1.82, 2.24) is 24.8 Å². The lowest BCUT2D eigenvalue weighted by Gasteiger charge is -2.29. The van der Waals surface area contributed by atoms with E-state index in [-0.39, 0.29) is 11.6 Å². The number of hydrogen-bond acceptors (Lipinski definition) is 7. The normalized spacial score (nSPS) is 17.4. The molecule has 4 heterocycles. The second-order valence-corrected chi connectivity index (χ2v) is 9.33. The first kappa shape index (κ1) is 20.6. The van der Waals surface area contributed by atoms with Crippen molar-refractivity contribution in [3.63, 3.8) is 0 Å². The summed E-state index contributed by atoms with van der Waals surface area (Å²) in [6, 6.07) is 4.24. The molecule has 0 atom stereocenters. The fourth-order valence-corrected chi connectivity index (χ4v) is 5.10. The van der Waals surface area contributed by atoms with E-state index in [1.165, 1.54) is 0 Å². The smallest absolute Gasteiger partial charge is 0.266 e. The van der Waals surface area contributed by atoms with E-state index in [1.54, 1.807) is 0 Å². The predicted octanol–water partition coefficient (Wildman–Crippen LogP) is 3.37. The van der Waals surface area contributed by atoms with E-state index in [1.807, 2.05) is 30.0 Å². The Morgan fingerprint density at radius 1 is 1.13 bits per heavy atom. The van der Waals surface area contributed by atoms with E-state index in [9.17, 15) is 4.79 Å². The second kappa shape index (κ2) is 8.70. The first-order valence-corrected chi connectivity index (χ1v) is 12.0. The minimum atomic E-state index is 0.0562. The number of nitrogens with one attached hydrogen (secondary N) is 2. The van der Waals surface area contributed by atoms with Gasteiger partial charge < -0.3 is 15.5 Å². The van der Waals surface area contributed by atoms with Gasteiger partial charge in [0.25, 0.3) is 5.56 Å². The van der Waals surface area contributed by atoms with E-state index in [2.05, 4.69) is 54.2 Å². The third-order valence-corrected chi connectivity index (χ3v) is 7.57. The lowest BCUT2D eigenvalue weighted by atomic mass is 10.1. The number of pyridine rings is 2. The molecule has 3 aromatic rings. The summed E-state index contributed by atoms with van der Waals surface area (Å²) >= 11 is 2.16. The molecule has 1 saturated heterocycles. The molecule has 5 rings (SSSR count). The molecule has 9 heteroatoms. The highest BCUT2D eigenvalue weighted by Gasteiger charge is 2.23. The molecule has 8 nitrogen and oxygen atoms in total. The zero-order chi connectivity index (χ0) is 21.4. The van der Waals surface area contributed by atoms with Crippen LogP contribution in [0.15, 0.2) is 29.3 Å². The largest absolute Gasteiger partial charge is 0.368 e. The molecule has 0 bridgehead atoms. The van der Waals surface area contributed by atoms with Crippen LogP contribution in [0.3, 0.4) is 0 Å². The van der Waals surface area contributed by atoms with Gasteiger partial charge in [-0.3, -0.25) is 9.36 Å². The standard InChI is InChI=1S/C22H26IN7O/c1-14-17-13-26-22(27-18-7-6-16(12-25-18)29-10-8-24-9-11-29)28-20(17)30(21(31)19(14)23)15-4-2-3-5-15/h6-7,12-13,15,24H,2-5,8-11H2,1H3,(H,25,26,27,28)/i23-3. The summed E-state index contributed by atoms with van der Waals surface area (Å²) < 4.78 is 2.65. The van der Waals surface area contributed by atoms with E-state index >= 15 is 0 Å². The molecule has 2 fully saturated rings. The molecule has 0 unspecified atom stereocenters. The number of nitrogens with zero attached hydrogens (tertiary/aromatic N) is 5. The van der Waals surface area contributed by atoms with Gasteiger partial charge in [-0.25, -0.2) is 9.97 Å². The molecule has 1 aliphatic carbocycles. The summed E-state index contributed by atoms with van der Waals surface area (Å²) in [5.41, 5.74) is 2.83. The maximum absolute atomic E-state index is 13.1. The van der Waals surface area contributed by atoms with Crippen LogP contribution in [0.25, 0.3) is 11.0 Å². The van der Waals surface area contributed by atoms with Gasteiger partial charge in [-0.1, -0.05) is 12.8 Å². The van der Waals surface area contributed by atoms with Crippen LogP contribution in [0.4, 0.5) is 17.5 Å². The summed E-state index contributed by atoms with van der Waals surface area (Å²) in [5, 5.41) is 7.51. The van der Waals surface area contributed by atoms with Crippen LogP contribution in [0.5, 0.6) is 0 Å². The molecule has 0 radical (unpaired) electrons. The van der Waals surface area contributed by atoms with Crippen molar-refractivity contribution in [1.29, 1.82) is 0 Å². The molecule has 3 aromatic heterocycles. The maximum atomic E-state index is 13.1. The van der Waals surface area contributed by atoms with Crippen molar-refractivity contribution in [3.8, 4) is 0 Å². The molecular formula is C22H26IN7O. The van der Waals surface area contributed by atoms with E-state index in [0.717, 1.165) is 72.1 Å². The third-order valence-electron chi connectivity index (χ3n) is 6.30. The number of aryl methyl sites for hydroxylation is 1. The Labute approximate surface area is 194 Å². The second-order valence-electron chi connectivity index (χ2n) is 8.25. The Balaban J connectivity index is 1.47. The number of halogens is 1. The Hall–Kier alpha value is -2.27. The van der Waals surface area contributed by atoms with Gasteiger partial charge in [0.15, 0.2) is 0 Å². The zero-order valence-electron chi connectivity index (χ0n) is 17.6. The van der Waals surface area contributed by atoms with Crippen molar-refractivity contribution in [2.24, 2.45) is 0 Å². The third kappa shape index (κ3) is 4.00. The van der Waals surface area contributed by atoms with Crippen LogP contribution in [0.1, 0.15) is 37.3 Å². The van der Waals surface area contributed by atoms with Gasteiger partial charge in [-0.05, 0) is 60.1 Å². The van der Waals surface area contributed by atoms with Gasteiger partial charge in [0.05, 0.1) is 15.5 Å². The molecule has 0 aromatic carbocycles. The number of piperazine rings is 1. The number of anilines is 3. The molecule has 0 amide bonds. The summed E-state index contributed by atoms with van der Waals surface area (Å²) in [7, 11) is 0. The zero-order valence-corrected chi connectivity index (χ0v) is 19.7. The molecular weight excluding hydrogens is 502 g/mol. The van der Waals surface area contributed by atoms with Crippen LogP contribution in [0.2, 0.25) is 0 Å². The number of rotatable bonds is 4. The highest BCUT2D eigenvalue weighted by Crippen LogP contribution is 2.32. The Morgan fingerprint density at radius 3 is 2.61 bits per heavy atom. The first-order valence-electron chi connectivity index (χ1n) is 10.9. The molecule has 2 N–H and O–H groups in total.